The molecule has 2 unspecified atom stereocenters. The number of aliphatic hydroxyl groups excluding tert-OH is 1. The second-order valence-electron chi connectivity index (χ2n) is 8.25. The first-order valence-corrected chi connectivity index (χ1v) is 10.5. The molecule has 2 aliphatic carbocycles. The van der Waals surface area contributed by atoms with Crippen molar-refractivity contribution in [2.75, 3.05) is 6.54 Å². The Labute approximate surface area is 156 Å². The van der Waals surface area contributed by atoms with Gasteiger partial charge in [-0.05, 0) is 32.6 Å². The van der Waals surface area contributed by atoms with Crippen LogP contribution in [0.3, 0.4) is 0 Å². The minimum Gasteiger partial charge on any atom is -0.444 e. The molecule has 1 saturated heterocycles. The van der Waals surface area contributed by atoms with Gasteiger partial charge in [0.1, 0.15) is 12.3 Å². The molecule has 0 spiro atoms. The molecule has 1 aliphatic heterocycles. The first-order valence-electron chi connectivity index (χ1n) is 10.5. The summed E-state index contributed by atoms with van der Waals surface area (Å²) in [5.41, 5.74) is 0. The van der Waals surface area contributed by atoms with E-state index in [1.54, 1.807) is 0 Å². The molecule has 0 aromatic heterocycles. The highest BCUT2D eigenvalue weighted by molar-refractivity contribution is 5.78. The van der Waals surface area contributed by atoms with E-state index in [4.69, 9.17) is 4.74 Å². The summed E-state index contributed by atoms with van der Waals surface area (Å²) in [6.45, 7) is 2.09. The van der Waals surface area contributed by atoms with Gasteiger partial charge < -0.3 is 19.6 Å². The van der Waals surface area contributed by atoms with Crippen LogP contribution in [-0.2, 0) is 9.53 Å². The molecule has 6 heteroatoms. The molecule has 26 heavy (non-hydrogen) atoms. The highest BCUT2D eigenvalue weighted by Gasteiger charge is 2.35. The van der Waals surface area contributed by atoms with E-state index in [9.17, 15) is 14.7 Å². The molecule has 148 valence electrons. The Morgan fingerprint density at radius 3 is 2.08 bits per heavy atom. The van der Waals surface area contributed by atoms with E-state index in [-0.39, 0.29) is 18.5 Å². The third-order valence-corrected chi connectivity index (χ3v) is 6.20. The second-order valence-corrected chi connectivity index (χ2v) is 8.25. The van der Waals surface area contributed by atoms with Crippen LogP contribution in [-0.4, -0.2) is 57.9 Å². The van der Waals surface area contributed by atoms with Gasteiger partial charge in [-0.25, -0.2) is 4.79 Å². The van der Waals surface area contributed by atoms with Gasteiger partial charge in [-0.2, -0.15) is 0 Å². The molecular formula is C20H34N2O4. The maximum Gasteiger partial charge on any atom is 0.410 e. The smallest absolute Gasteiger partial charge is 0.410 e. The van der Waals surface area contributed by atoms with Crippen molar-refractivity contribution in [2.24, 2.45) is 0 Å². The summed E-state index contributed by atoms with van der Waals surface area (Å²) in [4.78, 5) is 28.3. The standard InChI is InChI=1S/C20H34N2O4/c1-15(14-21-18(23)12-13-19(21)24)26-20(25)22(16-8-4-2-5-9-16)17-10-6-3-7-11-17/h15-18,23H,2-14H2,1H3. The number of aliphatic hydroxyl groups is 1. The van der Waals surface area contributed by atoms with Gasteiger partial charge in [0, 0.05) is 24.9 Å². The normalized spacial score (nSPS) is 26.8. The summed E-state index contributed by atoms with van der Waals surface area (Å²) in [5, 5.41) is 9.91. The van der Waals surface area contributed by atoms with Crippen molar-refractivity contribution < 1.29 is 19.4 Å². The summed E-state index contributed by atoms with van der Waals surface area (Å²) in [7, 11) is 0. The Kier molecular flexibility index (Phi) is 6.79. The van der Waals surface area contributed by atoms with Crippen molar-refractivity contribution in [3.8, 4) is 0 Å². The number of rotatable bonds is 5. The van der Waals surface area contributed by atoms with Gasteiger partial charge in [0.2, 0.25) is 5.91 Å². The van der Waals surface area contributed by atoms with Gasteiger partial charge in [-0.3, -0.25) is 4.79 Å². The van der Waals surface area contributed by atoms with Gasteiger partial charge in [-0.1, -0.05) is 38.5 Å². The number of ether oxygens (including phenoxy) is 1. The number of hydrogen-bond donors (Lipinski definition) is 1. The Hall–Kier alpha value is -1.30. The lowest BCUT2D eigenvalue weighted by Gasteiger charge is -2.41. The predicted molar refractivity (Wildman–Crippen MR) is 98.5 cm³/mol. The minimum absolute atomic E-state index is 0.0585. The van der Waals surface area contributed by atoms with Gasteiger partial charge in [0.25, 0.3) is 0 Å². The number of hydrogen-bond acceptors (Lipinski definition) is 4. The zero-order valence-electron chi connectivity index (χ0n) is 16.1. The molecule has 6 nitrogen and oxygen atoms in total. The van der Waals surface area contributed by atoms with Crippen LogP contribution in [0.25, 0.3) is 0 Å². The maximum atomic E-state index is 13.0. The third-order valence-electron chi connectivity index (χ3n) is 6.20. The molecule has 0 aromatic rings. The van der Waals surface area contributed by atoms with Crippen molar-refractivity contribution in [3.05, 3.63) is 0 Å². The first kappa shape index (κ1) is 19.5. The summed E-state index contributed by atoms with van der Waals surface area (Å²) >= 11 is 0. The van der Waals surface area contributed by atoms with Crippen molar-refractivity contribution in [1.82, 2.24) is 9.80 Å². The molecular weight excluding hydrogens is 332 g/mol. The fourth-order valence-electron chi connectivity index (χ4n) is 4.80. The van der Waals surface area contributed by atoms with Gasteiger partial charge in [-0.15, -0.1) is 0 Å². The van der Waals surface area contributed by atoms with Crippen LogP contribution < -0.4 is 0 Å². The van der Waals surface area contributed by atoms with Crippen LogP contribution in [0.15, 0.2) is 0 Å². The van der Waals surface area contributed by atoms with E-state index >= 15 is 0 Å². The van der Waals surface area contributed by atoms with E-state index in [1.165, 1.54) is 43.4 Å². The lowest BCUT2D eigenvalue weighted by molar-refractivity contribution is -0.135. The highest BCUT2D eigenvalue weighted by Crippen LogP contribution is 2.31. The number of amides is 2. The molecule has 1 N–H and O–H groups in total. The van der Waals surface area contributed by atoms with Crippen molar-refractivity contribution in [3.63, 3.8) is 0 Å². The van der Waals surface area contributed by atoms with Crippen LogP contribution in [0.4, 0.5) is 4.79 Å². The molecule has 1 heterocycles. The SMILES string of the molecule is CC(CN1C(=O)CCC1O)OC(=O)N(C1CCCCC1)C1CCCCC1. The molecule has 3 fully saturated rings. The Morgan fingerprint density at radius 1 is 1.08 bits per heavy atom. The molecule has 3 rings (SSSR count). The van der Waals surface area contributed by atoms with Crippen molar-refractivity contribution in [1.29, 1.82) is 0 Å². The number of nitrogens with zero attached hydrogens (tertiary/aromatic N) is 2. The molecule has 2 saturated carbocycles. The van der Waals surface area contributed by atoms with E-state index < -0.39 is 12.3 Å². The molecule has 0 aromatic carbocycles. The third kappa shape index (κ3) is 4.70. The van der Waals surface area contributed by atoms with Crippen LogP contribution in [0, 0.1) is 0 Å². The van der Waals surface area contributed by atoms with E-state index in [0.717, 1.165) is 25.7 Å². The van der Waals surface area contributed by atoms with E-state index in [0.29, 0.717) is 24.9 Å². The summed E-state index contributed by atoms with van der Waals surface area (Å²) < 4.78 is 5.76. The van der Waals surface area contributed by atoms with Crippen LogP contribution >= 0.6 is 0 Å². The molecule has 2 atom stereocenters. The first-order chi connectivity index (χ1) is 12.6. The zero-order valence-corrected chi connectivity index (χ0v) is 16.1. The summed E-state index contributed by atoms with van der Waals surface area (Å²) in [6, 6.07) is 0.594. The van der Waals surface area contributed by atoms with Gasteiger partial charge in [0.15, 0.2) is 0 Å². The van der Waals surface area contributed by atoms with Crippen molar-refractivity contribution >= 4 is 12.0 Å². The largest absolute Gasteiger partial charge is 0.444 e. The zero-order chi connectivity index (χ0) is 18.5. The molecule has 0 radical (unpaired) electrons. The Morgan fingerprint density at radius 2 is 1.62 bits per heavy atom. The quantitative estimate of drug-likeness (QED) is 0.809. The van der Waals surface area contributed by atoms with Gasteiger partial charge >= 0.3 is 6.09 Å². The maximum absolute atomic E-state index is 13.0. The molecule has 3 aliphatic rings. The van der Waals surface area contributed by atoms with E-state index in [2.05, 4.69) is 0 Å². The topological polar surface area (TPSA) is 70.1 Å². The Balaban J connectivity index is 1.61. The molecule has 2 amide bonds. The lowest BCUT2D eigenvalue weighted by Crippen LogP contribution is -2.50. The lowest BCUT2D eigenvalue weighted by atomic mass is 9.89. The van der Waals surface area contributed by atoms with Crippen LogP contribution in [0.5, 0.6) is 0 Å². The predicted octanol–water partition coefficient (Wildman–Crippen LogP) is 3.42. The molecule has 0 bridgehead atoms. The van der Waals surface area contributed by atoms with Crippen LogP contribution in [0.1, 0.15) is 84.0 Å². The fraction of sp³-hybridized carbons (Fsp3) is 0.900. The average Bonchev–Trinajstić information content (AvgIpc) is 2.95. The van der Waals surface area contributed by atoms with Gasteiger partial charge in [0.05, 0.1) is 6.54 Å². The number of carbonyl (C=O) groups excluding carboxylic acids is 2. The highest BCUT2D eigenvalue weighted by atomic mass is 16.6. The number of carbonyl (C=O) groups is 2. The summed E-state index contributed by atoms with van der Waals surface area (Å²) in [6.07, 6.45) is 11.0. The van der Waals surface area contributed by atoms with Crippen molar-refractivity contribution in [2.45, 2.75) is 108 Å². The monoisotopic (exact) mass is 366 g/mol. The summed E-state index contributed by atoms with van der Waals surface area (Å²) in [5.74, 6) is -0.0585. The average molecular weight is 367 g/mol. The second kappa shape index (κ2) is 9.07. The fourth-order valence-corrected chi connectivity index (χ4v) is 4.80. The Bertz CT molecular complexity index is 468. The number of likely N-dealkylation sites (tertiary alicyclic amines) is 1. The van der Waals surface area contributed by atoms with Crippen LogP contribution in [0.2, 0.25) is 0 Å². The minimum atomic E-state index is -0.739. The van der Waals surface area contributed by atoms with E-state index in [1.807, 2.05) is 11.8 Å².